The van der Waals surface area contributed by atoms with Crippen molar-refractivity contribution in [3.63, 3.8) is 0 Å². The highest BCUT2D eigenvalue weighted by molar-refractivity contribution is 7.16. The van der Waals surface area contributed by atoms with Crippen LogP contribution in [-0.2, 0) is 0 Å². The summed E-state index contributed by atoms with van der Waals surface area (Å²) in [5, 5.41) is 6.19. The molecule has 0 radical (unpaired) electrons. The van der Waals surface area contributed by atoms with Crippen molar-refractivity contribution < 1.29 is 8.78 Å². The molecule has 0 aliphatic rings. The maximum atomic E-state index is 13.5. The van der Waals surface area contributed by atoms with Crippen LogP contribution >= 0.6 is 11.3 Å². The van der Waals surface area contributed by atoms with E-state index in [1.54, 1.807) is 18.4 Å². The first kappa shape index (κ1) is 13.6. The van der Waals surface area contributed by atoms with Crippen molar-refractivity contribution in [2.45, 2.75) is 6.92 Å². The van der Waals surface area contributed by atoms with Gasteiger partial charge in [-0.05, 0) is 30.5 Å². The Labute approximate surface area is 122 Å². The predicted molar refractivity (Wildman–Crippen MR) is 78.0 cm³/mol. The number of aromatic nitrogens is 2. The van der Waals surface area contributed by atoms with Gasteiger partial charge >= 0.3 is 0 Å². The highest BCUT2D eigenvalue weighted by Crippen LogP contribution is 2.15. The first-order valence-corrected chi connectivity index (χ1v) is 6.90. The van der Waals surface area contributed by atoms with E-state index in [0.29, 0.717) is 16.0 Å². The third-order valence-corrected chi connectivity index (χ3v) is 3.72. The van der Waals surface area contributed by atoms with Gasteiger partial charge in [-0.1, -0.05) is 0 Å². The molecule has 0 aliphatic heterocycles. The van der Waals surface area contributed by atoms with Crippen molar-refractivity contribution in [2.75, 3.05) is 0 Å². The number of hydrogen-bond donors (Lipinski definition) is 0. The summed E-state index contributed by atoms with van der Waals surface area (Å²) in [6.45, 7) is 1.64. The molecule has 0 spiro atoms. The van der Waals surface area contributed by atoms with E-state index >= 15 is 0 Å². The summed E-state index contributed by atoms with van der Waals surface area (Å²) in [4.78, 5) is 17.1. The zero-order chi connectivity index (χ0) is 15.0. The Morgan fingerprint density at radius 2 is 2.14 bits per heavy atom. The van der Waals surface area contributed by atoms with Gasteiger partial charge in [0.15, 0.2) is 0 Å². The quantitative estimate of drug-likeness (QED) is 0.683. The number of thiophene rings is 1. The number of halogens is 2. The number of fused-ring (bicyclic) bond motifs is 1. The van der Waals surface area contributed by atoms with Crippen molar-refractivity contribution in [1.82, 2.24) is 9.66 Å². The predicted octanol–water partition coefficient (Wildman–Crippen LogP) is 2.93. The Kier molecular flexibility index (Phi) is 3.34. The van der Waals surface area contributed by atoms with E-state index in [9.17, 15) is 13.6 Å². The first-order valence-electron chi connectivity index (χ1n) is 6.02. The topological polar surface area (TPSA) is 47.2 Å². The smallest absolute Gasteiger partial charge is 0.267 e. The molecule has 0 amide bonds. The highest BCUT2D eigenvalue weighted by Gasteiger charge is 2.08. The number of aryl methyl sites for hydroxylation is 1. The molecule has 0 saturated carbocycles. The molecule has 4 nitrogen and oxygen atoms in total. The SMILES string of the molecule is Cc1nc2sccc2c(=O)n1/N=C\c1ccc(F)cc1F. The lowest BCUT2D eigenvalue weighted by atomic mass is 10.2. The maximum absolute atomic E-state index is 13.5. The molecule has 0 atom stereocenters. The first-order chi connectivity index (χ1) is 10.1. The van der Waals surface area contributed by atoms with Gasteiger partial charge in [0.25, 0.3) is 5.56 Å². The molecule has 106 valence electrons. The van der Waals surface area contributed by atoms with Gasteiger partial charge in [-0.15, -0.1) is 11.3 Å². The lowest BCUT2D eigenvalue weighted by Crippen LogP contribution is -2.19. The zero-order valence-electron chi connectivity index (χ0n) is 10.9. The number of benzene rings is 1. The van der Waals surface area contributed by atoms with E-state index in [4.69, 9.17) is 0 Å². The second-order valence-corrected chi connectivity index (χ2v) is 5.22. The standard InChI is InChI=1S/C14H9F2N3OS/c1-8-18-13-11(4-5-21-13)14(20)19(8)17-7-9-2-3-10(15)6-12(9)16/h2-7H,1H3/b17-7-. The number of nitrogens with zero attached hydrogens (tertiary/aromatic N) is 3. The van der Waals surface area contributed by atoms with Gasteiger partial charge in [0.1, 0.15) is 22.3 Å². The highest BCUT2D eigenvalue weighted by atomic mass is 32.1. The van der Waals surface area contributed by atoms with E-state index in [1.165, 1.54) is 23.6 Å². The Morgan fingerprint density at radius 3 is 2.90 bits per heavy atom. The molecule has 0 unspecified atom stereocenters. The Bertz CT molecular complexity index is 914. The Balaban J connectivity index is 2.09. The van der Waals surface area contributed by atoms with Gasteiger partial charge in [-0.3, -0.25) is 4.79 Å². The van der Waals surface area contributed by atoms with E-state index in [1.807, 2.05) is 0 Å². The fourth-order valence-electron chi connectivity index (χ4n) is 1.87. The molecule has 2 heterocycles. The molecule has 0 aliphatic carbocycles. The minimum atomic E-state index is -0.742. The monoisotopic (exact) mass is 305 g/mol. The fraction of sp³-hybridized carbons (Fsp3) is 0.0714. The molecule has 3 aromatic rings. The molecule has 3 rings (SSSR count). The average molecular weight is 305 g/mol. The van der Waals surface area contributed by atoms with Crippen LogP contribution in [0.2, 0.25) is 0 Å². The van der Waals surface area contributed by atoms with Crippen LogP contribution in [0.15, 0.2) is 39.5 Å². The van der Waals surface area contributed by atoms with Gasteiger partial charge in [0.05, 0.1) is 11.6 Å². The number of hydrogen-bond acceptors (Lipinski definition) is 4. The summed E-state index contributed by atoms with van der Waals surface area (Å²) in [5.41, 5.74) is -0.231. The summed E-state index contributed by atoms with van der Waals surface area (Å²) in [7, 11) is 0. The van der Waals surface area contributed by atoms with Gasteiger partial charge in [0.2, 0.25) is 0 Å². The molecule has 0 saturated heterocycles. The maximum Gasteiger partial charge on any atom is 0.282 e. The molecule has 0 bridgehead atoms. The van der Waals surface area contributed by atoms with Crippen LogP contribution in [0.25, 0.3) is 10.2 Å². The molecule has 2 aromatic heterocycles. The lowest BCUT2D eigenvalue weighted by Gasteiger charge is -2.03. The van der Waals surface area contributed by atoms with Crippen molar-refractivity contribution >= 4 is 27.8 Å². The van der Waals surface area contributed by atoms with E-state index < -0.39 is 11.6 Å². The minimum Gasteiger partial charge on any atom is -0.267 e. The second-order valence-electron chi connectivity index (χ2n) is 4.33. The largest absolute Gasteiger partial charge is 0.282 e. The third-order valence-electron chi connectivity index (χ3n) is 2.91. The molecule has 21 heavy (non-hydrogen) atoms. The molecular formula is C14H9F2N3OS. The lowest BCUT2D eigenvalue weighted by molar-refractivity contribution is 0.582. The van der Waals surface area contributed by atoms with E-state index in [-0.39, 0.29) is 11.1 Å². The van der Waals surface area contributed by atoms with Crippen molar-refractivity contribution in [1.29, 1.82) is 0 Å². The van der Waals surface area contributed by atoms with Crippen LogP contribution in [0.3, 0.4) is 0 Å². The van der Waals surface area contributed by atoms with Crippen molar-refractivity contribution in [2.24, 2.45) is 5.10 Å². The van der Waals surface area contributed by atoms with Gasteiger partial charge < -0.3 is 0 Å². The zero-order valence-corrected chi connectivity index (χ0v) is 11.7. The van der Waals surface area contributed by atoms with Gasteiger partial charge in [0, 0.05) is 11.6 Å². The van der Waals surface area contributed by atoms with Gasteiger partial charge in [-0.25, -0.2) is 13.8 Å². The molecule has 0 N–H and O–H groups in total. The van der Waals surface area contributed by atoms with Crippen LogP contribution < -0.4 is 5.56 Å². The van der Waals surface area contributed by atoms with E-state index in [2.05, 4.69) is 10.1 Å². The average Bonchev–Trinajstić information content (AvgIpc) is 2.89. The summed E-state index contributed by atoms with van der Waals surface area (Å²) in [5.74, 6) is -1.01. The van der Waals surface area contributed by atoms with Crippen molar-refractivity contribution in [3.8, 4) is 0 Å². The normalized spacial score (nSPS) is 11.6. The summed E-state index contributed by atoms with van der Waals surface area (Å²) >= 11 is 1.36. The van der Waals surface area contributed by atoms with Crippen LogP contribution in [0.4, 0.5) is 8.78 Å². The number of rotatable bonds is 2. The van der Waals surface area contributed by atoms with Crippen LogP contribution in [0, 0.1) is 18.6 Å². The van der Waals surface area contributed by atoms with Gasteiger partial charge in [-0.2, -0.15) is 9.78 Å². The van der Waals surface area contributed by atoms with Crippen molar-refractivity contribution in [3.05, 3.63) is 63.0 Å². The summed E-state index contributed by atoms with van der Waals surface area (Å²) in [6, 6.07) is 4.81. The van der Waals surface area contributed by atoms with Crippen LogP contribution in [-0.4, -0.2) is 15.9 Å². The second kappa shape index (κ2) is 5.17. The Hall–Kier alpha value is -2.41. The Morgan fingerprint density at radius 1 is 1.33 bits per heavy atom. The third kappa shape index (κ3) is 2.47. The minimum absolute atomic E-state index is 0.0908. The summed E-state index contributed by atoms with van der Waals surface area (Å²) in [6.07, 6.45) is 1.17. The molecule has 7 heteroatoms. The van der Waals surface area contributed by atoms with Crippen LogP contribution in [0.5, 0.6) is 0 Å². The van der Waals surface area contributed by atoms with E-state index in [0.717, 1.165) is 16.8 Å². The summed E-state index contributed by atoms with van der Waals surface area (Å²) < 4.78 is 27.4. The fourth-order valence-corrected chi connectivity index (χ4v) is 2.67. The molecule has 0 fully saturated rings. The molecular weight excluding hydrogens is 296 g/mol. The molecule has 1 aromatic carbocycles. The van der Waals surface area contributed by atoms with Crippen LogP contribution in [0.1, 0.15) is 11.4 Å².